The van der Waals surface area contributed by atoms with Crippen LogP contribution in [0.4, 0.5) is 10.3 Å². The maximum atomic E-state index is 11.9. The molecule has 0 saturated carbocycles. The third-order valence-corrected chi connectivity index (χ3v) is 5.98. The maximum Gasteiger partial charge on any atom is 0.306 e. The van der Waals surface area contributed by atoms with E-state index >= 15 is 0 Å². The molecular weight excluding hydrogens is 484 g/mol. The van der Waals surface area contributed by atoms with E-state index in [0.717, 1.165) is 22.9 Å². The molecule has 2 heterocycles. The van der Waals surface area contributed by atoms with Crippen molar-refractivity contribution in [3.8, 4) is 0 Å². The van der Waals surface area contributed by atoms with Gasteiger partial charge in [0.05, 0.1) is 26.1 Å². The van der Waals surface area contributed by atoms with Gasteiger partial charge in [-0.2, -0.15) is 0 Å². The number of nitrogens with one attached hydrogen (secondary N) is 2. The molecule has 0 spiro atoms. The van der Waals surface area contributed by atoms with Crippen LogP contribution in [0, 0.1) is 0 Å². The average Bonchev–Trinajstić information content (AvgIpc) is 3.43. The Labute approximate surface area is 204 Å². The topological polar surface area (TPSA) is 162 Å². The second-order valence-corrected chi connectivity index (χ2v) is 9.04. The van der Waals surface area contributed by atoms with Crippen LogP contribution in [-0.4, -0.2) is 57.4 Å². The first-order chi connectivity index (χ1) is 16.4. The summed E-state index contributed by atoms with van der Waals surface area (Å²) < 4.78 is 9.58. The molecule has 2 amide bonds. The summed E-state index contributed by atoms with van der Waals surface area (Å²) >= 11 is 2.59. The highest BCUT2D eigenvalue weighted by molar-refractivity contribution is 7.15. The van der Waals surface area contributed by atoms with Crippen LogP contribution in [0.5, 0.6) is 0 Å². The molecule has 0 aliphatic heterocycles. The molecule has 0 bridgehead atoms. The van der Waals surface area contributed by atoms with E-state index in [0.29, 0.717) is 23.1 Å². The van der Waals surface area contributed by atoms with Crippen molar-refractivity contribution in [3.05, 3.63) is 10.0 Å². The van der Waals surface area contributed by atoms with Gasteiger partial charge >= 0.3 is 11.9 Å². The van der Waals surface area contributed by atoms with Crippen LogP contribution >= 0.6 is 22.7 Å². The third kappa shape index (κ3) is 10.7. The number of unbranched alkanes of at least 4 members (excludes halogenated alkanes) is 1. The van der Waals surface area contributed by atoms with Crippen molar-refractivity contribution in [3.63, 3.8) is 0 Å². The molecule has 0 fully saturated rings. The summed E-state index contributed by atoms with van der Waals surface area (Å²) in [7, 11) is 0. The number of esters is 2. The van der Waals surface area contributed by atoms with E-state index in [9.17, 15) is 19.2 Å². The van der Waals surface area contributed by atoms with E-state index in [-0.39, 0.29) is 50.7 Å². The minimum atomic E-state index is -0.408. The number of carbonyl (C=O) groups is 4. The van der Waals surface area contributed by atoms with Crippen molar-refractivity contribution in [2.45, 2.75) is 65.2 Å². The molecule has 2 aromatic heterocycles. The minimum absolute atomic E-state index is 0.0237. The zero-order chi connectivity index (χ0) is 24.8. The van der Waals surface area contributed by atoms with Crippen molar-refractivity contribution in [2.75, 3.05) is 23.8 Å². The first-order valence-corrected chi connectivity index (χ1v) is 12.6. The lowest BCUT2D eigenvalue weighted by molar-refractivity contribution is -0.144. The van der Waals surface area contributed by atoms with Crippen LogP contribution < -0.4 is 10.6 Å². The Morgan fingerprint density at radius 1 is 0.676 bits per heavy atom. The molecule has 14 heteroatoms. The molecule has 0 aliphatic rings. The van der Waals surface area contributed by atoms with Gasteiger partial charge < -0.3 is 20.1 Å². The molecule has 12 nitrogen and oxygen atoms in total. The first kappa shape index (κ1) is 27.2. The Bertz CT molecular complexity index is 887. The normalized spacial score (nSPS) is 10.5. The van der Waals surface area contributed by atoms with Gasteiger partial charge in [0, 0.05) is 25.7 Å². The number of nitrogens with zero attached hydrogens (tertiary/aromatic N) is 4. The van der Waals surface area contributed by atoms with E-state index in [1.807, 2.05) is 0 Å². The summed E-state index contributed by atoms with van der Waals surface area (Å²) in [5, 5.41) is 23.7. The fourth-order valence-electron chi connectivity index (χ4n) is 2.62. The molecule has 0 unspecified atom stereocenters. The van der Waals surface area contributed by atoms with Crippen LogP contribution in [0.2, 0.25) is 0 Å². The predicted octanol–water partition coefficient (Wildman–Crippen LogP) is 2.52. The monoisotopic (exact) mass is 512 g/mol. The van der Waals surface area contributed by atoms with Crippen molar-refractivity contribution in [1.82, 2.24) is 20.4 Å². The highest BCUT2D eigenvalue weighted by Crippen LogP contribution is 2.20. The fraction of sp³-hybridized carbons (Fsp3) is 0.600. The summed E-state index contributed by atoms with van der Waals surface area (Å²) in [5.41, 5.74) is 0. The lowest BCUT2D eigenvalue weighted by Gasteiger charge is -2.01. The third-order valence-electron chi connectivity index (χ3n) is 4.18. The maximum absolute atomic E-state index is 11.9. The second kappa shape index (κ2) is 15.0. The zero-order valence-corrected chi connectivity index (χ0v) is 20.8. The van der Waals surface area contributed by atoms with Gasteiger partial charge in [0.25, 0.3) is 0 Å². The summed E-state index contributed by atoms with van der Waals surface area (Å²) in [4.78, 5) is 46.3. The second-order valence-electron chi connectivity index (χ2n) is 6.92. The molecule has 0 radical (unpaired) electrons. The number of hydrogen-bond acceptors (Lipinski definition) is 12. The molecule has 34 heavy (non-hydrogen) atoms. The van der Waals surface area contributed by atoms with E-state index in [2.05, 4.69) is 31.0 Å². The molecule has 0 saturated heterocycles. The molecule has 0 aliphatic carbocycles. The first-order valence-electron chi connectivity index (χ1n) is 10.9. The van der Waals surface area contributed by atoms with Gasteiger partial charge in [0.2, 0.25) is 22.1 Å². The van der Waals surface area contributed by atoms with Crippen LogP contribution in [0.15, 0.2) is 0 Å². The van der Waals surface area contributed by atoms with Gasteiger partial charge in [-0.1, -0.05) is 22.7 Å². The molecule has 0 aromatic carbocycles. The Morgan fingerprint density at radius 3 is 1.47 bits per heavy atom. The lowest BCUT2D eigenvalue weighted by atomic mass is 10.2. The number of anilines is 2. The smallest absolute Gasteiger partial charge is 0.306 e. The Morgan fingerprint density at radius 2 is 1.09 bits per heavy atom. The average molecular weight is 513 g/mol. The van der Waals surface area contributed by atoms with Gasteiger partial charge in [-0.05, 0) is 26.7 Å². The molecule has 186 valence electrons. The quantitative estimate of drug-likeness (QED) is 0.268. The highest BCUT2D eigenvalue weighted by atomic mass is 32.1. The van der Waals surface area contributed by atoms with Crippen LogP contribution in [0.3, 0.4) is 0 Å². The molecule has 0 atom stereocenters. The lowest BCUT2D eigenvalue weighted by Crippen LogP contribution is -2.14. The fourth-order valence-corrected chi connectivity index (χ4v) is 4.22. The summed E-state index contributed by atoms with van der Waals surface area (Å²) in [6.07, 6.45) is 3.19. The van der Waals surface area contributed by atoms with Gasteiger partial charge in [-0.15, -0.1) is 20.4 Å². The van der Waals surface area contributed by atoms with Gasteiger partial charge in [-0.25, -0.2) is 0 Å². The molecule has 2 rings (SSSR count). The Hall–Kier alpha value is -3.00. The van der Waals surface area contributed by atoms with E-state index in [1.165, 1.54) is 22.7 Å². The molecule has 2 N–H and O–H groups in total. The number of rotatable bonds is 15. The van der Waals surface area contributed by atoms with Crippen molar-refractivity contribution in [2.24, 2.45) is 0 Å². The number of aryl methyl sites for hydroxylation is 2. The van der Waals surface area contributed by atoms with Gasteiger partial charge in [0.1, 0.15) is 10.0 Å². The predicted molar refractivity (Wildman–Crippen MR) is 125 cm³/mol. The number of hydrogen-bond donors (Lipinski definition) is 2. The zero-order valence-electron chi connectivity index (χ0n) is 19.1. The summed E-state index contributed by atoms with van der Waals surface area (Å²) in [6, 6.07) is 0. The van der Waals surface area contributed by atoms with Crippen LogP contribution in [0.25, 0.3) is 0 Å². The number of carbonyl (C=O) groups excluding carboxylic acids is 4. The van der Waals surface area contributed by atoms with E-state index < -0.39 is 11.9 Å². The Kier molecular flexibility index (Phi) is 12.0. The summed E-state index contributed by atoms with van der Waals surface area (Å²) in [6.45, 7) is 4.00. The van der Waals surface area contributed by atoms with Crippen LogP contribution in [0.1, 0.15) is 62.4 Å². The van der Waals surface area contributed by atoms with Crippen molar-refractivity contribution >= 4 is 56.7 Å². The highest BCUT2D eigenvalue weighted by Gasteiger charge is 2.13. The number of amides is 2. The SMILES string of the molecule is CCOC(=O)CCC(=O)Nc1nnc(CCCCc2nnc(NC(=O)CCC(=O)OCC)s2)s1. The van der Waals surface area contributed by atoms with E-state index in [1.54, 1.807) is 13.8 Å². The summed E-state index contributed by atoms with van der Waals surface area (Å²) in [5.74, 6) is -1.43. The van der Waals surface area contributed by atoms with Gasteiger partial charge in [-0.3, -0.25) is 19.2 Å². The molecule has 2 aromatic rings. The number of aromatic nitrogens is 4. The standard InChI is InChI=1S/C20H28N6O6S2/c1-3-31-17(29)11-9-13(27)21-19-25-23-15(33-19)7-5-6-8-16-24-26-20(34-16)22-14(28)10-12-18(30)32-4-2/h3-12H2,1-2H3,(H,21,25,27)(H,22,26,28). The molecular formula is C20H28N6O6S2. The van der Waals surface area contributed by atoms with E-state index in [4.69, 9.17) is 9.47 Å². The van der Waals surface area contributed by atoms with Crippen LogP contribution in [-0.2, 0) is 41.5 Å². The Balaban J connectivity index is 1.63. The number of ether oxygens (including phenoxy) is 2. The van der Waals surface area contributed by atoms with Crippen molar-refractivity contribution < 1.29 is 28.7 Å². The minimum Gasteiger partial charge on any atom is -0.466 e. The van der Waals surface area contributed by atoms with Gasteiger partial charge in [0.15, 0.2) is 0 Å². The largest absolute Gasteiger partial charge is 0.466 e. The van der Waals surface area contributed by atoms with Crippen molar-refractivity contribution in [1.29, 1.82) is 0 Å².